The monoisotopic (exact) mass is 364 g/mol. The maximum absolute atomic E-state index is 13.0. The van der Waals surface area contributed by atoms with Crippen LogP contribution in [0.15, 0.2) is 33.0 Å². The topological polar surface area (TPSA) is 69.0 Å². The Labute approximate surface area is 150 Å². The van der Waals surface area contributed by atoms with E-state index in [2.05, 4.69) is 31.1 Å². The van der Waals surface area contributed by atoms with Crippen LogP contribution >= 0.6 is 0 Å². The lowest BCUT2D eigenvalue weighted by Gasteiger charge is -2.36. The minimum atomic E-state index is -3.57. The average Bonchev–Trinajstić information content (AvgIpc) is 2.55. The lowest BCUT2D eigenvalue weighted by atomic mass is 9.69. The third kappa shape index (κ3) is 3.50. The van der Waals surface area contributed by atoms with Crippen molar-refractivity contribution in [1.82, 2.24) is 9.78 Å². The van der Waals surface area contributed by atoms with E-state index in [1.54, 1.807) is 14.0 Å². The Hall–Kier alpha value is -1.69. The molecule has 0 amide bonds. The number of hydrogen-bond donors (Lipinski definition) is 0. The molecule has 1 aliphatic rings. The lowest BCUT2D eigenvalue weighted by Crippen LogP contribution is -2.39. The minimum absolute atomic E-state index is 0.0986. The Balaban J connectivity index is 2.95. The first kappa shape index (κ1) is 19.6. The molecule has 1 aromatic rings. The molecule has 0 saturated carbocycles. The SMILES string of the molecule is CCC1=CC(CC)(c2c(S(C)(=O)=O)c(C)nn(C)c2=O)CC(CC)=C1. The Kier molecular flexibility index (Phi) is 5.42. The molecule has 2 rings (SSSR count). The highest BCUT2D eigenvalue weighted by Gasteiger charge is 2.39. The van der Waals surface area contributed by atoms with Gasteiger partial charge in [0.15, 0.2) is 9.84 Å². The summed E-state index contributed by atoms with van der Waals surface area (Å²) in [6.07, 6.45) is 8.53. The molecule has 25 heavy (non-hydrogen) atoms. The fraction of sp³-hybridized carbons (Fsp3) is 0.579. The molecule has 5 nitrogen and oxygen atoms in total. The van der Waals surface area contributed by atoms with Crippen molar-refractivity contribution in [3.05, 3.63) is 44.9 Å². The Morgan fingerprint density at radius 2 is 1.88 bits per heavy atom. The van der Waals surface area contributed by atoms with Crippen LogP contribution in [0.2, 0.25) is 0 Å². The second-order valence-corrected chi connectivity index (χ2v) is 8.86. The van der Waals surface area contributed by atoms with Crippen LogP contribution in [0.3, 0.4) is 0 Å². The number of aromatic nitrogens is 2. The standard InChI is InChI=1S/C19H28N2O3S/c1-7-14-10-15(8-2)12-19(9-3,11-14)16-17(25(6,23)24)13(4)20-21(5)18(16)22/h10-11H,7-9,12H2,1-6H3. The molecule has 138 valence electrons. The highest BCUT2D eigenvalue weighted by Crippen LogP contribution is 2.43. The van der Waals surface area contributed by atoms with Crippen molar-refractivity contribution < 1.29 is 8.42 Å². The molecule has 0 fully saturated rings. The van der Waals surface area contributed by atoms with Crippen molar-refractivity contribution >= 4 is 9.84 Å². The van der Waals surface area contributed by atoms with Gasteiger partial charge in [-0.3, -0.25) is 4.79 Å². The van der Waals surface area contributed by atoms with Gasteiger partial charge >= 0.3 is 0 Å². The van der Waals surface area contributed by atoms with Gasteiger partial charge in [-0.25, -0.2) is 13.1 Å². The van der Waals surface area contributed by atoms with Crippen molar-refractivity contribution in [1.29, 1.82) is 0 Å². The molecule has 0 spiro atoms. The van der Waals surface area contributed by atoms with Gasteiger partial charge in [-0.05, 0) is 32.6 Å². The van der Waals surface area contributed by atoms with Gasteiger partial charge in [0.25, 0.3) is 5.56 Å². The molecule has 0 saturated heterocycles. The lowest BCUT2D eigenvalue weighted by molar-refractivity contribution is 0.462. The van der Waals surface area contributed by atoms with E-state index in [1.807, 2.05) is 6.92 Å². The summed E-state index contributed by atoms with van der Waals surface area (Å²) in [5.41, 5.74) is 2.23. The van der Waals surface area contributed by atoms with Gasteiger partial charge in [-0.15, -0.1) is 0 Å². The normalized spacial score (nSPS) is 21.0. The first-order valence-corrected chi connectivity index (χ1v) is 10.7. The van der Waals surface area contributed by atoms with Crippen molar-refractivity contribution in [2.24, 2.45) is 7.05 Å². The Morgan fingerprint density at radius 3 is 2.36 bits per heavy atom. The molecular weight excluding hydrogens is 336 g/mol. The number of nitrogens with zero attached hydrogens (tertiary/aromatic N) is 2. The van der Waals surface area contributed by atoms with Crippen molar-refractivity contribution in [3.8, 4) is 0 Å². The summed E-state index contributed by atoms with van der Waals surface area (Å²) in [6, 6.07) is 0. The van der Waals surface area contributed by atoms with E-state index in [0.29, 0.717) is 24.1 Å². The van der Waals surface area contributed by atoms with E-state index in [1.165, 1.54) is 10.3 Å². The van der Waals surface area contributed by atoms with Crippen LogP contribution in [0.1, 0.15) is 57.7 Å². The Morgan fingerprint density at radius 1 is 1.24 bits per heavy atom. The molecule has 1 aromatic heterocycles. The van der Waals surface area contributed by atoms with E-state index in [-0.39, 0.29) is 10.5 Å². The number of rotatable bonds is 5. The molecule has 1 atom stereocenters. The van der Waals surface area contributed by atoms with E-state index in [9.17, 15) is 13.2 Å². The molecule has 0 radical (unpaired) electrons. The zero-order valence-electron chi connectivity index (χ0n) is 16.0. The van der Waals surface area contributed by atoms with Gasteiger partial charge in [0.1, 0.15) is 0 Å². The summed E-state index contributed by atoms with van der Waals surface area (Å²) in [7, 11) is -1.99. The molecule has 0 bridgehead atoms. The van der Waals surface area contributed by atoms with Crippen LogP contribution in [-0.2, 0) is 22.3 Å². The van der Waals surface area contributed by atoms with Gasteiger partial charge in [0.2, 0.25) is 0 Å². The number of hydrogen-bond acceptors (Lipinski definition) is 4. The summed E-state index contributed by atoms with van der Waals surface area (Å²) in [5, 5.41) is 4.13. The summed E-state index contributed by atoms with van der Waals surface area (Å²) < 4.78 is 26.3. The highest BCUT2D eigenvalue weighted by atomic mass is 32.2. The smallest absolute Gasteiger partial charge is 0.267 e. The minimum Gasteiger partial charge on any atom is -0.267 e. The molecule has 1 aliphatic carbocycles. The maximum Gasteiger partial charge on any atom is 0.271 e. The van der Waals surface area contributed by atoms with Crippen molar-refractivity contribution in [2.45, 2.75) is 63.7 Å². The highest BCUT2D eigenvalue weighted by molar-refractivity contribution is 7.90. The third-order valence-corrected chi connectivity index (χ3v) is 6.36. The summed E-state index contributed by atoms with van der Waals surface area (Å²) in [5.74, 6) is 0. The predicted octanol–water partition coefficient (Wildman–Crippen LogP) is 3.22. The zero-order chi connectivity index (χ0) is 19.0. The van der Waals surface area contributed by atoms with Crippen LogP contribution in [-0.4, -0.2) is 24.5 Å². The zero-order valence-corrected chi connectivity index (χ0v) is 16.8. The van der Waals surface area contributed by atoms with Gasteiger partial charge in [-0.2, -0.15) is 5.10 Å². The molecular formula is C19H28N2O3S. The molecule has 1 unspecified atom stereocenters. The van der Waals surface area contributed by atoms with Crippen LogP contribution in [0.4, 0.5) is 0 Å². The second-order valence-electron chi connectivity index (χ2n) is 6.91. The summed E-state index contributed by atoms with van der Waals surface area (Å²) in [6.45, 7) is 7.85. The first-order chi connectivity index (χ1) is 11.6. The van der Waals surface area contributed by atoms with Crippen LogP contribution in [0, 0.1) is 6.92 Å². The first-order valence-electron chi connectivity index (χ1n) is 8.79. The molecule has 0 aromatic carbocycles. The average molecular weight is 365 g/mol. The second kappa shape index (κ2) is 6.90. The number of allylic oxidation sites excluding steroid dienone is 4. The van der Waals surface area contributed by atoms with E-state index >= 15 is 0 Å². The van der Waals surface area contributed by atoms with Crippen LogP contribution < -0.4 is 5.56 Å². The van der Waals surface area contributed by atoms with Gasteiger partial charge in [0, 0.05) is 24.3 Å². The maximum atomic E-state index is 13.0. The quantitative estimate of drug-likeness (QED) is 0.804. The van der Waals surface area contributed by atoms with Crippen LogP contribution in [0.5, 0.6) is 0 Å². The van der Waals surface area contributed by atoms with Crippen molar-refractivity contribution in [2.75, 3.05) is 6.26 Å². The molecule has 6 heteroatoms. The van der Waals surface area contributed by atoms with Gasteiger partial charge < -0.3 is 0 Å². The largest absolute Gasteiger partial charge is 0.271 e. The summed E-state index contributed by atoms with van der Waals surface area (Å²) in [4.78, 5) is 13.1. The fourth-order valence-electron chi connectivity index (χ4n) is 3.81. The van der Waals surface area contributed by atoms with E-state index < -0.39 is 15.3 Å². The van der Waals surface area contributed by atoms with Crippen molar-refractivity contribution in [3.63, 3.8) is 0 Å². The van der Waals surface area contributed by atoms with Crippen LogP contribution in [0.25, 0.3) is 0 Å². The fourth-order valence-corrected chi connectivity index (χ4v) is 5.05. The summed E-state index contributed by atoms with van der Waals surface area (Å²) >= 11 is 0. The Bertz CT molecular complexity index is 907. The van der Waals surface area contributed by atoms with Gasteiger partial charge in [-0.1, -0.05) is 44.1 Å². The molecule has 0 aliphatic heterocycles. The number of sulfone groups is 1. The van der Waals surface area contributed by atoms with E-state index in [0.717, 1.165) is 24.7 Å². The van der Waals surface area contributed by atoms with E-state index in [4.69, 9.17) is 0 Å². The molecule has 1 heterocycles. The molecule has 0 N–H and O–H groups in total. The van der Waals surface area contributed by atoms with Gasteiger partial charge in [0.05, 0.1) is 10.6 Å². The number of aryl methyl sites for hydroxylation is 2. The third-order valence-electron chi connectivity index (χ3n) is 5.12. The predicted molar refractivity (Wildman–Crippen MR) is 101 cm³/mol.